The summed E-state index contributed by atoms with van der Waals surface area (Å²) < 4.78 is 2.56. The molecule has 0 bridgehead atoms. The molecule has 0 fully saturated rings. The van der Waals surface area contributed by atoms with Gasteiger partial charge in [-0.05, 0) is 36.8 Å². The van der Waals surface area contributed by atoms with Gasteiger partial charge in [0, 0.05) is 6.20 Å². The molecule has 0 radical (unpaired) electrons. The van der Waals surface area contributed by atoms with Gasteiger partial charge in [0.05, 0.1) is 29.7 Å². The number of hydrogen-bond acceptors (Lipinski definition) is 4. The van der Waals surface area contributed by atoms with E-state index in [0.29, 0.717) is 16.6 Å². The minimum Gasteiger partial charge on any atom is -0.349 e. The van der Waals surface area contributed by atoms with E-state index >= 15 is 0 Å². The third kappa shape index (κ3) is 4.16. The first-order chi connectivity index (χ1) is 15.1. The average molecular weight is 414 g/mol. The molecule has 2 aromatic carbocycles. The van der Waals surface area contributed by atoms with Crippen LogP contribution in [0.2, 0.25) is 0 Å². The van der Waals surface area contributed by atoms with Crippen LogP contribution in [-0.2, 0) is 17.9 Å². The van der Waals surface area contributed by atoms with Crippen molar-refractivity contribution in [1.82, 2.24) is 19.4 Å². The number of carbonyl (C=O) groups excluding carboxylic acids is 1. The van der Waals surface area contributed by atoms with Gasteiger partial charge in [-0.2, -0.15) is 0 Å². The monoisotopic (exact) mass is 414 g/mol. The van der Waals surface area contributed by atoms with Crippen molar-refractivity contribution in [1.29, 1.82) is 0 Å². The molecule has 0 saturated heterocycles. The summed E-state index contributed by atoms with van der Waals surface area (Å²) >= 11 is 0. The zero-order chi connectivity index (χ0) is 21.8. The number of fused-ring (bicyclic) bond motifs is 1. The zero-order valence-electron chi connectivity index (χ0n) is 17.1. The minimum atomic E-state index is -0.816. The molecule has 0 aliphatic rings. The standard InChI is InChI=1S/C24H22N4O3/c1-17(22(29)26-15-19-11-7-8-14-25-19)28-21-13-6-5-12-20(21)23(30)27(24(28)31)16-18-9-3-2-4-10-18/h2-14,17H,15-16H2,1H3,(H,26,29). The number of nitrogens with one attached hydrogen (secondary N) is 1. The van der Waals surface area contributed by atoms with Crippen molar-refractivity contribution in [3.05, 3.63) is 111 Å². The molecule has 1 unspecified atom stereocenters. The molecule has 2 aromatic heterocycles. The zero-order valence-corrected chi connectivity index (χ0v) is 17.1. The van der Waals surface area contributed by atoms with Crippen molar-refractivity contribution in [3.63, 3.8) is 0 Å². The number of hydrogen-bond donors (Lipinski definition) is 1. The molecule has 1 atom stereocenters. The Balaban J connectivity index is 1.74. The van der Waals surface area contributed by atoms with E-state index in [9.17, 15) is 14.4 Å². The topological polar surface area (TPSA) is 86.0 Å². The Bertz CT molecular complexity index is 1330. The van der Waals surface area contributed by atoms with E-state index in [2.05, 4.69) is 10.3 Å². The highest BCUT2D eigenvalue weighted by Crippen LogP contribution is 2.14. The van der Waals surface area contributed by atoms with Crippen LogP contribution < -0.4 is 16.6 Å². The molecule has 7 heteroatoms. The largest absolute Gasteiger partial charge is 0.349 e. The molecule has 0 saturated carbocycles. The number of pyridine rings is 1. The summed E-state index contributed by atoms with van der Waals surface area (Å²) in [4.78, 5) is 43.5. The normalized spacial score (nSPS) is 11.9. The van der Waals surface area contributed by atoms with E-state index in [1.807, 2.05) is 42.5 Å². The van der Waals surface area contributed by atoms with Crippen LogP contribution in [-0.4, -0.2) is 20.0 Å². The van der Waals surface area contributed by atoms with Gasteiger partial charge in [-0.15, -0.1) is 0 Å². The maximum absolute atomic E-state index is 13.4. The number of nitrogens with zero attached hydrogens (tertiary/aromatic N) is 3. The second-order valence-electron chi connectivity index (χ2n) is 7.26. The minimum absolute atomic E-state index is 0.131. The van der Waals surface area contributed by atoms with Crippen molar-refractivity contribution in [3.8, 4) is 0 Å². The van der Waals surface area contributed by atoms with Crippen LogP contribution in [0.4, 0.5) is 0 Å². The fourth-order valence-electron chi connectivity index (χ4n) is 3.55. The molecule has 2 heterocycles. The van der Waals surface area contributed by atoms with Crippen molar-refractivity contribution in [2.75, 3.05) is 0 Å². The maximum atomic E-state index is 13.4. The van der Waals surface area contributed by atoms with Gasteiger partial charge in [-0.3, -0.25) is 23.7 Å². The Morgan fingerprint density at radius 1 is 0.968 bits per heavy atom. The lowest BCUT2D eigenvalue weighted by atomic mass is 10.2. The fraction of sp³-hybridized carbons (Fsp3) is 0.167. The van der Waals surface area contributed by atoms with Crippen LogP contribution in [0.25, 0.3) is 10.9 Å². The first kappa shape index (κ1) is 20.3. The summed E-state index contributed by atoms with van der Waals surface area (Å²) in [7, 11) is 0. The van der Waals surface area contributed by atoms with E-state index in [4.69, 9.17) is 0 Å². The third-order valence-electron chi connectivity index (χ3n) is 5.20. The van der Waals surface area contributed by atoms with Crippen molar-refractivity contribution < 1.29 is 4.79 Å². The molecular formula is C24H22N4O3. The first-order valence-corrected chi connectivity index (χ1v) is 10.0. The van der Waals surface area contributed by atoms with Gasteiger partial charge in [0.25, 0.3) is 5.56 Å². The molecular weight excluding hydrogens is 392 g/mol. The highest BCUT2D eigenvalue weighted by atomic mass is 16.2. The second-order valence-corrected chi connectivity index (χ2v) is 7.26. The van der Waals surface area contributed by atoms with Crippen molar-refractivity contribution in [2.45, 2.75) is 26.1 Å². The predicted octanol–water partition coefficient (Wildman–Crippen LogP) is 2.48. The van der Waals surface area contributed by atoms with Crippen LogP contribution in [0.3, 0.4) is 0 Å². The number of carbonyl (C=O) groups is 1. The van der Waals surface area contributed by atoms with Gasteiger partial charge >= 0.3 is 5.69 Å². The molecule has 4 aromatic rings. The molecule has 0 aliphatic carbocycles. The molecule has 0 spiro atoms. The lowest BCUT2D eigenvalue weighted by molar-refractivity contribution is -0.124. The van der Waals surface area contributed by atoms with Crippen LogP contribution in [0.1, 0.15) is 24.2 Å². The predicted molar refractivity (Wildman–Crippen MR) is 119 cm³/mol. The SMILES string of the molecule is CC(C(=O)NCc1ccccn1)n1c(=O)n(Cc2ccccc2)c(=O)c2ccccc21. The Morgan fingerprint density at radius 3 is 2.42 bits per heavy atom. The molecule has 1 amide bonds. The smallest absolute Gasteiger partial charge is 0.332 e. The van der Waals surface area contributed by atoms with Crippen LogP contribution >= 0.6 is 0 Å². The number of benzene rings is 2. The first-order valence-electron chi connectivity index (χ1n) is 10.0. The van der Waals surface area contributed by atoms with E-state index in [1.165, 1.54) is 9.13 Å². The van der Waals surface area contributed by atoms with Crippen LogP contribution in [0.15, 0.2) is 88.6 Å². The van der Waals surface area contributed by atoms with E-state index < -0.39 is 11.7 Å². The van der Waals surface area contributed by atoms with E-state index in [1.54, 1.807) is 43.5 Å². The summed E-state index contributed by atoms with van der Waals surface area (Å²) in [6.07, 6.45) is 1.66. The third-order valence-corrected chi connectivity index (χ3v) is 5.20. The second kappa shape index (κ2) is 8.79. The molecule has 156 valence electrons. The lowest BCUT2D eigenvalue weighted by Gasteiger charge is -2.19. The summed E-state index contributed by atoms with van der Waals surface area (Å²) in [6.45, 7) is 2.03. The Labute approximate surface area is 178 Å². The summed E-state index contributed by atoms with van der Waals surface area (Å²) in [6, 6.07) is 20.8. The van der Waals surface area contributed by atoms with Crippen molar-refractivity contribution in [2.24, 2.45) is 0 Å². The molecule has 1 N–H and O–H groups in total. The molecule has 4 rings (SSSR count). The Morgan fingerprint density at radius 2 is 1.68 bits per heavy atom. The Kier molecular flexibility index (Phi) is 5.75. The fourth-order valence-corrected chi connectivity index (χ4v) is 3.55. The number of para-hydroxylation sites is 1. The van der Waals surface area contributed by atoms with Gasteiger partial charge in [-0.25, -0.2) is 4.79 Å². The van der Waals surface area contributed by atoms with Crippen molar-refractivity contribution >= 4 is 16.8 Å². The number of aromatic nitrogens is 3. The lowest BCUT2D eigenvalue weighted by Crippen LogP contribution is -2.44. The maximum Gasteiger partial charge on any atom is 0.332 e. The van der Waals surface area contributed by atoms with E-state index in [-0.39, 0.29) is 24.6 Å². The average Bonchev–Trinajstić information content (AvgIpc) is 2.81. The van der Waals surface area contributed by atoms with Gasteiger partial charge in [-0.1, -0.05) is 48.5 Å². The van der Waals surface area contributed by atoms with Gasteiger partial charge < -0.3 is 5.32 Å². The molecule has 0 aliphatic heterocycles. The summed E-state index contributed by atoms with van der Waals surface area (Å²) in [5.41, 5.74) is 1.09. The van der Waals surface area contributed by atoms with Gasteiger partial charge in [0.15, 0.2) is 0 Å². The number of amides is 1. The summed E-state index contributed by atoms with van der Waals surface area (Å²) in [5.74, 6) is -0.331. The summed E-state index contributed by atoms with van der Waals surface area (Å²) in [5, 5.41) is 3.22. The number of rotatable bonds is 6. The Hall–Kier alpha value is -4.00. The quantitative estimate of drug-likeness (QED) is 0.525. The molecule has 7 nitrogen and oxygen atoms in total. The highest BCUT2D eigenvalue weighted by molar-refractivity contribution is 5.84. The molecule has 31 heavy (non-hydrogen) atoms. The van der Waals surface area contributed by atoms with Gasteiger partial charge in [0.1, 0.15) is 6.04 Å². The van der Waals surface area contributed by atoms with Crippen LogP contribution in [0, 0.1) is 0 Å². The highest BCUT2D eigenvalue weighted by Gasteiger charge is 2.22. The van der Waals surface area contributed by atoms with Gasteiger partial charge in [0.2, 0.25) is 5.91 Å². The van der Waals surface area contributed by atoms with Crippen LogP contribution in [0.5, 0.6) is 0 Å². The van der Waals surface area contributed by atoms with E-state index in [0.717, 1.165) is 5.56 Å².